The maximum Gasteiger partial charge on any atom is 0.0756 e. The van der Waals surface area contributed by atoms with Crippen LogP contribution in [0.5, 0.6) is 0 Å². The van der Waals surface area contributed by atoms with E-state index in [0.29, 0.717) is 0 Å². The molecule has 0 amide bonds. The first kappa shape index (κ1) is 10.8. The van der Waals surface area contributed by atoms with E-state index in [9.17, 15) is 0 Å². The van der Waals surface area contributed by atoms with Gasteiger partial charge in [-0.1, -0.05) is 60.7 Å². The highest BCUT2D eigenvalue weighted by Crippen LogP contribution is 2.35. The first-order valence-corrected chi connectivity index (χ1v) is 6.12. The van der Waals surface area contributed by atoms with Crippen LogP contribution < -0.4 is 0 Å². The van der Waals surface area contributed by atoms with E-state index in [4.69, 9.17) is 5.26 Å². The van der Waals surface area contributed by atoms with Gasteiger partial charge in [-0.05, 0) is 28.7 Å². The van der Waals surface area contributed by atoms with Gasteiger partial charge < -0.3 is 0 Å². The van der Waals surface area contributed by atoms with Crippen molar-refractivity contribution in [2.45, 2.75) is 12.3 Å². The summed E-state index contributed by atoms with van der Waals surface area (Å²) in [7, 11) is 0. The number of hydrogen-bond acceptors (Lipinski definition) is 1. The molecule has 0 aromatic heterocycles. The minimum absolute atomic E-state index is 0.102. The van der Waals surface area contributed by atoms with Crippen LogP contribution in [-0.4, -0.2) is 0 Å². The minimum Gasteiger partial charge on any atom is -0.198 e. The van der Waals surface area contributed by atoms with Crippen molar-refractivity contribution < 1.29 is 0 Å². The first-order chi connectivity index (χ1) is 8.86. The molecule has 0 radical (unpaired) electrons. The zero-order valence-corrected chi connectivity index (χ0v) is 10.0. The zero-order valence-electron chi connectivity index (χ0n) is 10.0. The van der Waals surface area contributed by atoms with Crippen molar-refractivity contribution in [2.24, 2.45) is 0 Å². The molecular weight excluding hydrogens is 218 g/mol. The third kappa shape index (κ3) is 1.94. The Kier molecular flexibility index (Phi) is 2.70. The zero-order chi connectivity index (χ0) is 12.4. The van der Waals surface area contributed by atoms with Crippen LogP contribution in [-0.2, 0) is 6.42 Å². The lowest BCUT2D eigenvalue weighted by molar-refractivity contribution is 0.744. The molecule has 0 fully saturated rings. The van der Waals surface area contributed by atoms with E-state index in [1.54, 1.807) is 0 Å². The molecule has 1 heteroatoms. The van der Waals surface area contributed by atoms with Gasteiger partial charge in [-0.25, -0.2) is 0 Å². The lowest BCUT2D eigenvalue weighted by atomic mass is 9.78. The van der Waals surface area contributed by atoms with Gasteiger partial charge in [-0.2, -0.15) is 5.26 Å². The summed E-state index contributed by atoms with van der Waals surface area (Å²) in [5.41, 5.74) is 4.88. The van der Waals surface area contributed by atoms with E-state index in [2.05, 4.69) is 48.6 Å². The number of nitrogens with zero attached hydrogens (tertiary/aromatic N) is 1. The lowest BCUT2D eigenvalue weighted by Crippen LogP contribution is -2.15. The van der Waals surface area contributed by atoms with E-state index in [1.165, 1.54) is 16.7 Å². The standard InChI is InChI=1S/C17H13N/c18-12-16-11-15-9-8-14(10-17(15)16)7-6-13-4-2-1-3-5-13/h1-10,16H,11H2/b7-6+/t16-/m0/s1. The molecule has 86 valence electrons. The number of rotatable bonds is 2. The Morgan fingerprint density at radius 3 is 2.56 bits per heavy atom. The Morgan fingerprint density at radius 2 is 1.78 bits per heavy atom. The molecule has 0 unspecified atom stereocenters. The van der Waals surface area contributed by atoms with Crippen molar-refractivity contribution in [1.82, 2.24) is 0 Å². The van der Waals surface area contributed by atoms with Crippen LogP contribution in [0.15, 0.2) is 48.5 Å². The van der Waals surface area contributed by atoms with E-state index in [1.807, 2.05) is 18.2 Å². The number of benzene rings is 2. The summed E-state index contributed by atoms with van der Waals surface area (Å²) in [6.07, 6.45) is 5.11. The molecule has 0 heterocycles. The van der Waals surface area contributed by atoms with Crippen LogP contribution in [0.4, 0.5) is 0 Å². The third-order valence-corrected chi connectivity index (χ3v) is 3.39. The van der Waals surface area contributed by atoms with Gasteiger partial charge in [0, 0.05) is 0 Å². The number of hydrogen-bond donors (Lipinski definition) is 0. The van der Waals surface area contributed by atoms with Crippen molar-refractivity contribution in [3.05, 3.63) is 70.8 Å². The summed E-state index contributed by atoms with van der Waals surface area (Å²) < 4.78 is 0. The van der Waals surface area contributed by atoms with Gasteiger partial charge in [-0.3, -0.25) is 0 Å². The molecule has 1 aliphatic carbocycles. The van der Waals surface area contributed by atoms with Gasteiger partial charge in [0.2, 0.25) is 0 Å². The summed E-state index contributed by atoms with van der Waals surface area (Å²) >= 11 is 0. The summed E-state index contributed by atoms with van der Waals surface area (Å²) in [5.74, 6) is 0.102. The second-order valence-electron chi connectivity index (χ2n) is 4.59. The Bertz CT molecular complexity index is 632. The second-order valence-corrected chi connectivity index (χ2v) is 4.59. The molecule has 1 nitrogen and oxygen atoms in total. The fraction of sp³-hybridized carbons (Fsp3) is 0.118. The molecule has 3 rings (SSSR count). The Labute approximate surface area is 107 Å². The maximum absolute atomic E-state index is 8.96. The van der Waals surface area contributed by atoms with Crippen LogP contribution in [0.2, 0.25) is 0 Å². The van der Waals surface area contributed by atoms with Gasteiger partial charge >= 0.3 is 0 Å². The van der Waals surface area contributed by atoms with Crippen LogP contribution in [0.3, 0.4) is 0 Å². The molecule has 2 aromatic rings. The average molecular weight is 231 g/mol. The van der Waals surface area contributed by atoms with E-state index >= 15 is 0 Å². The maximum atomic E-state index is 8.96. The van der Waals surface area contributed by atoms with Gasteiger partial charge in [0.05, 0.1) is 12.0 Å². The monoisotopic (exact) mass is 231 g/mol. The van der Waals surface area contributed by atoms with Crippen LogP contribution in [0.25, 0.3) is 12.2 Å². The summed E-state index contributed by atoms with van der Waals surface area (Å²) in [6.45, 7) is 0. The predicted molar refractivity (Wildman–Crippen MR) is 73.9 cm³/mol. The number of nitriles is 1. The van der Waals surface area contributed by atoms with Crippen molar-refractivity contribution in [3.8, 4) is 6.07 Å². The Hall–Kier alpha value is -2.33. The summed E-state index contributed by atoms with van der Waals surface area (Å²) in [5, 5.41) is 8.96. The third-order valence-electron chi connectivity index (χ3n) is 3.39. The Morgan fingerprint density at radius 1 is 1.00 bits per heavy atom. The molecule has 0 bridgehead atoms. The predicted octanol–water partition coefficient (Wildman–Crippen LogP) is 4.02. The van der Waals surface area contributed by atoms with Crippen molar-refractivity contribution in [1.29, 1.82) is 5.26 Å². The summed E-state index contributed by atoms with van der Waals surface area (Å²) in [6, 6.07) is 18.9. The SMILES string of the molecule is N#C[C@@H]1Cc2ccc(/C=C/c3ccccc3)cc21. The van der Waals surface area contributed by atoms with Gasteiger partial charge in [-0.15, -0.1) is 0 Å². The smallest absolute Gasteiger partial charge is 0.0756 e. The molecule has 0 aliphatic heterocycles. The van der Waals surface area contributed by atoms with Gasteiger partial charge in [0.1, 0.15) is 0 Å². The quantitative estimate of drug-likeness (QED) is 0.716. The van der Waals surface area contributed by atoms with E-state index in [-0.39, 0.29) is 5.92 Å². The fourth-order valence-electron chi connectivity index (χ4n) is 2.30. The largest absolute Gasteiger partial charge is 0.198 e. The Balaban J connectivity index is 1.85. The van der Waals surface area contributed by atoms with Crippen LogP contribution in [0.1, 0.15) is 28.2 Å². The molecular formula is C17H13N. The van der Waals surface area contributed by atoms with Crippen molar-refractivity contribution in [2.75, 3.05) is 0 Å². The first-order valence-electron chi connectivity index (χ1n) is 6.12. The number of fused-ring (bicyclic) bond motifs is 1. The molecule has 0 saturated carbocycles. The molecule has 0 saturated heterocycles. The normalized spacial score (nSPS) is 16.9. The average Bonchev–Trinajstić information content (AvgIpc) is 2.40. The van der Waals surface area contributed by atoms with Gasteiger partial charge in [0.25, 0.3) is 0 Å². The molecule has 0 spiro atoms. The highest BCUT2D eigenvalue weighted by Gasteiger charge is 2.25. The van der Waals surface area contributed by atoms with Crippen molar-refractivity contribution >= 4 is 12.2 Å². The van der Waals surface area contributed by atoms with Crippen LogP contribution >= 0.6 is 0 Å². The van der Waals surface area contributed by atoms with Crippen molar-refractivity contribution in [3.63, 3.8) is 0 Å². The lowest BCUT2D eigenvalue weighted by Gasteiger charge is -2.24. The van der Waals surface area contributed by atoms with E-state index < -0.39 is 0 Å². The van der Waals surface area contributed by atoms with E-state index in [0.717, 1.165) is 12.0 Å². The second kappa shape index (κ2) is 4.50. The topological polar surface area (TPSA) is 23.8 Å². The highest BCUT2D eigenvalue weighted by molar-refractivity contribution is 5.70. The highest BCUT2D eigenvalue weighted by atomic mass is 14.3. The molecule has 18 heavy (non-hydrogen) atoms. The molecule has 2 aromatic carbocycles. The minimum atomic E-state index is 0.102. The summed E-state index contributed by atoms with van der Waals surface area (Å²) in [4.78, 5) is 0. The van der Waals surface area contributed by atoms with Gasteiger partial charge in [0.15, 0.2) is 0 Å². The molecule has 1 atom stereocenters. The fourth-order valence-corrected chi connectivity index (χ4v) is 2.30. The van der Waals surface area contributed by atoms with Crippen LogP contribution in [0, 0.1) is 11.3 Å². The molecule has 1 aliphatic rings. The molecule has 0 N–H and O–H groups in total.